The molecule has 1 atom stereocenters. The lowest BCUT2D eigenvalue weighted by Gasteiger charge is -2.29. The van der Waals surface area contributed by atoms with Crippen LogP contribution in [0.3, 0.4) is 0 Å². The highest BCUT2D eigenvalue weighted by Gasteiger charge is 2.35. The van der Waals surface area contributed by atoms with Gasteiger partial charge in [-0.25, -0.2) is 4.79 Å². The molecule has 0 aromatic heterocycles. The Morgan fingerprint density at radius 3 is 2.54 bits per heavy atom. The van der Waals surface area contributed by atoms with Crippen LogP contribution in [-0.2, 0) is 0 Å². The van der Waals surface area contributed by atoms with Gasteiger partial charge in [0.25, 0.3) is 5.69 Å². The predicted molar refractivity (Wildman–Crippen MR) is 93.2 cm³/mol. The van der Waals surface area contributed by atoms with E-state index in [1.807, 2.05) is 37.3 Å². The first-order chi connectivity index (χ1) is 11.6. The summed E-state index contributed by atoms with van der Waals surface area (Å²) in [6, 6.07) is 15.2. The van der Waals surface area contributed by atoms with Crippen molar-refractivity contribution in [3.05, 3.63) is 64.7 Å². The SMILES string of the molecule is CC(C1CC1)N(C(=O)Nc1cccc([N+](=O)[O-])c1)c1ccccc1. The molecule has 0 spiro atoms. The van der Waals surface area contributed by atoms with E-state index in [1.54, 1.807) is 17.0 Å². The molecule has 0 heterocycles. The Kier molecular flexibility index (Phi) is 4.46. The quantitative estimate of drug-likeness (QED) is 0.652. The Bertz CT molecular complexity index is 744. The molecule has 3 rings (SSSR count). The van der Waals surface area contributed by atoms with Gasteiger partial charge in [-0.2, -0.15) is 0 Å². The molecule has 1 aliphatic carbocycles. The number of non-ortho nitro benzene ring substituents is 1. The third-order valence-electron chi connectivity index (χ3n) is 4.27. The maximum Gasteiger partial charge on any atom is 0.326 e. The molecule has 1 saturated carbocycles. The van der Waals surface area contributed by atoms with Crippen LogP contribution in [0.4, 0.5) is 21.9 Å². The van der Waals surface area contributed by atoms with Crippen LogP contribution in [-0.4, -0.2) is 17.0 Å². The van der Waals surface area contributed by atoms with Crippen molar-refractivity contribution in [2.45, 2.75) is 25.8 Å². The van der Waals surface area contributed by atoms with E-state index in [4.69, 9.17) is 0 Å². The van der Waals surface area contributed by atoms with Crippen molar-refractivity contribution in [1.29, 1.82) is 0 Å². The Labute approximate surface area is 140 Å². The number of carbonyl (C=O) groups excluding carboxylic acids is 1. The van der Waals surface area contributed by atoms with Crippen LogP contribution in [0.2, 0.25) is 0 Å². The van der Waals surface area contributed by atoms with E-state index in [1.165, 1.54) is 12.1 Å². The molecule has 1 fully saturated rings. The molecular weight excluding hydrogens is 306 g/mol. The Morgan fingerprint density at radius 1 is 1.21 bits per heavy atom. The number of hydrogen-bond donors (Lipinski definition) is 1. The standard InChI is InChI=1S/C18H19N3O3/c1-13(14-10-11-14)20(16-7-3-2-4-8-16)18(22)19-15-6-5-9-17(12-15)21(23)24/h2-9,12-14H,10-11H2,1H3,(H,19,22). The molecule has 1 unspecified atom stereocenters. The molecule has 24 heavy (non-hydrogen) atoms. The summed E-state index contributed by atoms with van der Waals surface area (Å²) in [5, 5.41) is 13.7. The van der Waals surface area contributed by atoms with E-state index in [-0.39, 0.29) is 17.8 Å². The van der Waals surface area contributed by atoms with Gasteiger partial charge in [-0.15, -0.1) is 0 Å². The smallest absolute Gasteiger partial charge is 0.307 e. The molecule has 124 valence electrons. The van der Waals surface area contributed by atoms with Gasteiger partial charge < -0.3 is 5.32 Å². The maximum atomic E-state index is 12.8. The lowest BCUT2D eigenvalue weighted by Crippen LogP contribution is -2.42. The first-order valence-electron chi connectivity index (χ1n) is 7.96. The second-order valence-corrected chi connectivity index (χ2v) is 6.02. The molecule has 6 nitrogen and oxygen atoms in total. The molecule has 0 aliphatic heterocycles. The maximum absolute atomic E-state index is 12.8. The highest BCUT2D eigenvalue weighted by molar-refractivity contribution is 6.02. The van der Waals surface area contributed by atoms with Crippen LogP contribution in [0.15, 0.2) is 54.6 Å². The number of urea groups is 1. The molecule has 2 amide bonds. The Balaban J connectivity index is 1.83. The summed E-state index contributed by atoms with van der Waals surface area (Å²) in [5.74, 6) is 0.501. The molecule has 2 aromatic rings. The van der Waals surface area contributed by atoms with Gasteiger partial charge in [0.1, 0.15) is 0 Å². The number of anilines is 2. The van der Waals surface area contributed by atoms with Gasteiger partial charge in [-0.3, -0.25) is 15.0 Å². The van der Waals surface area contributed by atoms with Crippen LogP contribution < -0.4 is 10.2 Å². The highest BCUT2D eigenvalue weighted by atomic mass is 16.6. The van der Waals surface area contributed by atoms with Gasteiger partial charge in [0, 0.05) is 29.5 Å². The molecule has 2 aromatic carbocycles. The number of carbonyl (C=O) groups is 1. The number of rotatable bonds is 5. The first kappa shape index (κ1) is 16.0. The first-order valence-corrected chi connectivity index (χ1v) is 7.96. The third kappa shape index (κ3) is 3.53. The van der Waals surface area contributed by atoms with Crippen molar-refractivity contribution in [1.82, 2.24) is 0 Å². The zero-order valence-corrected chi connectivity index (χ0v) is 13.4. The summed E-state index contributed by atoms with van der Waals surface area (Å²) in [6.07, 6.45) is 2.24. The van der Waals surface area contributed by atoms with Crippen molar-refractivity contribution in [2.24, 2.45) is 5.92 Å². The topological polar surface area (TPSA) is 75.5 Å². The largest absolute Gasteiger partial charge is 0.326 e. The van der Waals surface area contributed by atoms with Crippen LogP contribution in [0, 0.1) is 16.0 Å². The summed E-state index contributed by atoms with van der Waals surface area (Å²) in [7, 11) is 0. The number of para-hydroxylation sites is 1. The molecule has 0 radical (unpaired) electrons. The number of benzene rings is 2. The number of nitrogens with zero attached hydrogens (tertiary/aromatic N) is 2. The van der Waals surface area contributed by atoms with Crippen molar-refractivity contribution < 1.29 is 9.72 Å². The minimum Gasteiger partial charge on any atom is -0.307 e. The fourth-order valence-electron chi connectivity index (χ4n) is 2.80. The fourth-order valence-corrected chi connectivity index (χ4v) is 2.80. The number of nitrogens with one attached hydrogen (secondary N) is 1. The van der Waals surface area contributed by atoms with Crippen LogP contribution in [0.25, 0.3) is 0 Å². The normalized spacial score (nSPS) is 14.7. The summed E-state index contributed by atoms with van der Waals surface area (Å²) < 4.78 is 0. The van der Waals surface area contributed by atoms with E-state index in [0.717, 1.165) is 18.5 Å². The van der Waals surface area contributed by atoms with E-state index in [2.05, 4.69) is 5.32 Å². The molecule has 0 bridgehead atoms. The van der Waals surface area contributed by atoms with Crippen LogP contribution in [0.1, 0.15) is 19.8 Å². The van der Waals surface area contributed by atoms with Gasteiger partial charge >= 0.3 is 6.03 Å². The Morgan fingerprint density at radius 2 is 1.92 bits per heavy atom. The monoisotopic (exact) mass is 325 g/mol. The summed E-state index contributed by atoms with van der Waals surface area (Å²) in [5.41, 5.74) is 1.19. The Hall–Kier alpha value is -2.89. The molecule has 1 N–H and O–H groups in total. The van der Waals surface area contributed by atoms with E-state index in [0.29, 0.717) is 11.6 Å². The molecule has 0 saturated heterocycles. The zero-order chi connectivity index (χ0) is 17.1. The average molecular weight is 325 g/mol. The number of amides is 2. The van der Waals surface area contributed by atoms with E-state index >= 15 is 0 Å². The van der Waals surface area contributed by atoms with Gasteiger partial charge in [0.2, 0.25) is 0 Å². The van der Waals surface area contributed by atoms with Gasteiger partial charge in [0.15, 0.2) is 0 Å². The van der Waals surface area contributed by atoms with Gasteiger partial charge in [-0.1, -0.05) is 24.3 Å². The zero-order valence-electron chi connectivity index (χ0n) is 13.4. The minimum absolute atomic E-state index is 0.0469. The van der Waals surface area contributed by atoms with E-state index in [9.17, 15) is 14.9 Å². The lowest BCUT2D eigenvalue weighted by molar-refractivity contribution is -0.384. The van der Waals surface area contributed by atoms with Crippen LogP contribution in [0.5, 0.6) is 0 Å². The predicted octanol–water partition coefficient (Wildman–Crippen LogP) is 4.43. The van der Waals surface area contributed by atoms with Crippen LogP contribution >= 0.6 is 0 Å². The second kappa shape index (κ2) is 6.70. The molecule has 6 heteroatoms. The summed E-state index contributed by atoms with van der Waals surface area (Å²) >= 11 is 0. The van der Waals surface area contributed by atoms with Gasteiger partial charge in [0.05, 0.1) is 4.92 Å². The van der Waals surface area contributed by atoms with E-state index < -0.39 is 4.92 Å². The summed E-state index contributed by atoms with van der Waals surface area (Å²) in [6.45, 7) is 2.04. The second-order valence-electron chi connectivity index (χ2n) is 6.02. The third-order valence-corrected chi connectivity index (χ3v) is 4.27. The average Bonchev–Trinajstić information content (AvgIpc) is 3.41. The molecular formula is C18H19N3O3. The lowest BCUT2D eigenvalue weighted by atomic mass is 10.1. The minimum atomic E-state index is -0.475. The van der Waals surface area contributed by atoms with Gasteiger partial charge in [-0.05, 0) is 43.9 Å². The fraction of sp³-hybridized carbons (Fsp3) is 0.278. The van der Waals surface area contributed by atoms with Crippen molar-refractivity contribution >= 4 is 23.1 Å². The number of hydrogen-bond acceptors (Lipinski definition) is 3. The number of nitro benzene ring substituents is 1. The number of nitro groups is 1. The summed E-state index contributed by atoms with van der Waals surface area (Å²) in [4.78, 5) is 25.0. The molecule has 1 aliphatic rings. The highest BCUT2D eigenvalue weighted by Crippen LogP contribution is 2.37. The van der Waals surface area contributed by atoms with Crippen molar-refractivity contribution in [2.75, 3.05) is 10.2 Å². The van der Waals surface area contributed by atoms with Crippen molar-refractivity contribution in [3.8, 4) is 0 Å². The van der Waals surface area contributed by atoms with Crippen molar-refractivity contribution in [3.63, 3.8) is 0 Å².